The Hall–Kier alpha value is -3.44. The second-order valence-corrected chi connectivity index (χ2v) is 8.60. The van der Waals surface area contributed by atoms with Crippen LogP contribution in [0, 0.1) is 5.92 Å². The molecule has 1 amide bonds. The van der Waals surface area contributed by atoms with Crippen molar-refractivity contribution < 1.29 is 14.3 Å². The monoisotopic (exact) mass is 442 g/mol. The summed E-state index contributed by atoms with van der Waals surface area (Å²) in [5.74, 6) is 0.0241. The Morgan fingerprint density at radius 1 is 0.879 bits per heavy atom. The molecule has 1 saturated heterocycles. The summed E-state index contributed by atoms with van der Waals surface area (Å²) in [6.45, 7) is 3.10. The maximum absolute atomic E-state index is 12.7. The molecular formula is C28H30N2O3. The molecule has 1 fully saturated rings. The number of hydrogen-bond acceptors (Lipinski definition) is 4. The Morgan fingerprint density at radius 3 is 2.24 bits per heavy atom. The second kappa shape index (κ2) is 10.9. The Morgan fingerprint density at radius 2 is 1.55 bits per heavy atom. The van der Waals surface area contributed by atoms with Gasteiger partial charge in [-0.05, 0) is 73.7 Å². The zero-order valence-electron chi connectivity index (χ0n) is 19.0. The van der Waals surface area contributed by atoms with E-state index in [1.807, 2.05) is 24.3 Å². The van der Waals surface area contributed by atoms with Gasteiger partial charge in [-0.2, -0.15) is 0 Å². The van der Waals surface area contributed by atoms with Crippen LogP contribution in [0.15, 0.2) is 78.9 Å². The fourth-order valence-corrected chi connectivity index (χ4v) is 4.39. The highest BCUT2D eigenvalue weighted by atomic mass is 16.5. The number of methoxy groups -OCH3 is 1. The van der Waals surface area contributed by atoms with E-state index in [1.54, 1.807) is 24.3 Å². The van der Waals surface area contributed by atoms with E-state index in [1.165, 1.54) is 31.1 Å². The van der Waals surface area contributed by atoms with E-state index in [0.717, 1.165) is 32.0 Å². The highest BCUT2D eigenvalue weighted by Crippen LogP contribution is 2.23. The summed E-state index contributed by atoms with van der Waals surface area (Å²) in [7, 11) is 1.32. The van der Waals surface area contributed by atoms with Crippen LogP contribution in [0.3, 0.4) is 0 Å². The quantitative estimate of drug-likeness (QED) is 0.512. The maximum Gasteiger partial charge on any atom is 0.339 e. The van der Waals surface area contributed by atoms with Crippen LogP contribution >= 0.6 is 0 Å². The van der Waals surface area contributed by atoms with Crippen molar-refractivity contribution in [1.29, 1.82) is 0 Å². The lowest BCUT2D eigenvalue weighted by Crippen LogP contribution is -2.33. The summed E-state index contributed by atoms with van der Waals surface area (Å²) >= 11 is 0. The average Bonchev–Trinajstić information content (AvgIpc) is 2.86. The van der Waals surface area contributed by atoms with Gasteiger partial charge in [0, 0.05) is 12.1 Å². The number of nitrogens with one attached hydrogen (secondary N) is 1. The summed E-state index contributed by atoms with van der Waals surface area (Å²) in [5, 5.41) is 2.82. The number of amides is 1. The molecule has 1 N–H and O–H groups in total. The Bertz CT molecular complexity index is 1070. The molecule has 3 aromatic carbocycles. The normalized spacial score (nSPS) is 14.6. The molecule has 33 heavy (non-hydrogen) atoms. The van der Waals surface area contributed by atoms with E-state index in [-0.39, 0.29) is 5.91 Å². The molecule has 0 atom stereocenters. The Kier molecular flexibility index (Phi) is 7.53. The van der Waals surface area contributed by atoms with Crippen molar-refractivity contribution in [3.8, 4) is 0 Å². The molecule has 3 aromatic rings. The number of nitrogens with zero attached hydrogens (tertiary/aromatic N) is 1. The van der Waals surface area contributed by atoms with E-state index in [0.29, 0.717) is 16.8 Å². The molecule has 4 rings (SSSR count). The van der Waals surface area contributed by atoms with Crippen LogP contribution in [-0.4, -0.2) is 37.0 Å². The van der Waals surface area contributed by atoms with Gasteiger partial charge in [0.2, 0.25) is 0 Å². The maximum atomic E-state index is 12.7. The van der Waals surface area contributed by atoms with Gasteiger partial charge < -0.3 is 10.1 Å². The topological polar surface area (TPSA) is 58.6 Å². The molecule has 170 valence electrons. The number of carbonyl (C=O) groups excluding carboxylic acids is 2. The SMILES string of the molecule is COC(=O)c1ccccc1NC(=O)c1ccc(CN2CCC(Cc3ccccc3)CC2)cc1. The molecule has 1 aliphatic heterocycles. The molecule has 0 spiro atoms. The minimum Gasteiger partial charge on any atom is -0.465 e. The van der Waals surface area contributed by atoms with Gasteiger partial charge in [0.25, 0.3) is 5.91 Å². The minimum absolute atomic E-state index is 0.250. The first-order valence-electron chi connectivity index (χ1n) is 11.5. The van der Waals surface area contributed by atoms with Gasteiger partial charge in [0.15, 0.2) is 0 Å². The Balaban J connectivity index is 1.29. The van der Waals surface area contributed by atoms with E-state index >= 15 is 0 Å². The number of anilines is 1. The first-order valence-corrected chi connectivity index (χ1v) is 11.5. The number of para-hydroxylation sites is 1. The van der Waals surface area contributed by atoms with Crippen LogP contribution in [0.2, 0.25) is 0 Å². The van der Waals surface area contributed by atoms with Gasteiger partial charge in [0.05, 0.1) is 18.4 Å². The van der Waals surface area contributed by atoms with Gasteiger partial charge in [0.1, 0.15) is 0 Å². The van der Waals surface area contributed by atoms with Gasteiger partial charge in [-0.3, -0.25) is 9.69 Å². The van der Waals surface area contributed by atoms with Crippen molar-refractivity contribution in [3.05, 3.63) is 101 Å². The van der Waals surface area contributed by atoms with Crippen LogP contribution in [0.5, 0.6) is 0 Å². The lowest BCUT2D eigenvalue weighted by Gasteiger charge is -2.32. The molecule has 1 aliphatic rings. The number of esters is 1. The number of hydrogen-bond donors (Lipinski definition) is 1. The second-order valence-electron chi connectivity index (χ2n) is 8.60. The molecule has 5 nitrogen and oxygen atoms in total. The first kappa shape index (κ1) is 22.7. The number of benzene rings is 3. The van der Waals surface area contributed by atoms with E-state index in [4.69, 9.17) is 4.74 Å². The molecule has 0 aliphatic carbocycles. The van der Waals surface area contributed by atoms with Crippen molar-refractivity contribution in [2.45, 2.75) is 25.8 Å². The van der Waals surface area contributed by atoms with Crippen molar-refractivity contribution in [2.24, 2.45) is 5.92 Å². The lowest BCUT2D eigenvalue weighted by molar-refractivity contribution is 0.0602. The highest BCUT2D eigenvalue weighted by molar-refractivity contribution is 6.08. The third kappa shape index (κ3) is 6.08. The molecule has 1 heterocycles. The molecule has 0 unspecified atom stereocenters. The number of likely N-dealkylation sites (tertiary alicyclic amines) is 1. The van der Waals surface area contributed by atoms with Crippen molar-refractivity contribution in [3.63, 3.8) is 0 Å². The summed E-state index contributed by atoms with van der Waals surface area (Å²) in [6, 6.07) is 25.3. The van der Waals surface area contributed by atoms with Gasteiger partial charge in [-0.1, -0.05) is 54.6 Å². The molecule has 0 radical (unpaired) electrons. The zero-order valence-corrected chi connectivity index (χ0v) is 19.0. The fraction of sp³-hybridized carbons (Fsp3) is 0.286. The van der Waals surface area contributed by atoms with E-state index < -0.39 is 5.97 Å². The van der Waals surface area contributed by atoms with Crippen LogP contribution in [0.25, 0.3) is 0 Å². The standard InChI is InChI=1S/C28H30N2O3/c1-33-28(32)25-9-5-6-10-26(25)29-27(31)24-13-11-23(12-14-24)20-30-17-15-22(16-18-30)19-21-7-3-2-4-8-21/h2-14,22H,15-20H2,1H3,(H,29,31). The predicted molar refractivity (Wildman–Crippen MR) is 130 cm³/mol. The average molecular weight is 443 g/mol. The summed E-state index contributed by atoms with van der Waals surface area (Å²) in [5.41, 5.74) is 3.96. The fourth-order valence-electron chi connectivity index (χ4n) is 4.39. The molecule has 0 saturated carbocycles. The predicted octanol–water partition coefficient (Wildman–Crippen LogP) is 5.18. The smallest absolute Gasteiger partial charge is 0.339 e. The molecule has 0 aromatic heterocycles. The Labute approximate surface area is 195 Å². The van der Waals surface area contributed by atoms with Crippen LogP contribution in [0.1, 0.15) is 44.7 Å². The van der Waals surface area contributed by atoms with Crippen molar-refractivity contribution in [1.82, 2.24) is 4.90 Å². The van der Waals surface area contributed by atoms with Crippen LogP contribution in [-0.2, 0) is 17.7 Å². The van der Waals surface area contributed by atoms with Gasteiger partial charge >= 0.3 is 5.97 Å². The highest BCUT2D eigenvalue weighted by Gasteiger charge is 2.20. The van der Waals surface area contributed by atoms with Crippen LogP contribution in [0.4, 0.5) is 5.69 Å². The van der Waals surface area contributed by atoms with Crippen molar-refractivity contribution in [2.75, 3.05) is 25.5 Å². The number of carbonyl (C=O) groups is 2. The largest absolute Gasteiger partial charge is 0.465 e. The lowest BCUT2D eigenvalue weighted by atomic mass is 9.90. The minimum atomic E-state index is -0.478. The first-order chi connectivity index (χ1) is 16.1. The van der Waals surface area contributed by atoms with E-state index in [9.17, 15) is 9.59 Å². The molecule has 0 bridgehead atoms. The van der Waals surface area contributed by atoms with Crippen molar-refractivity contribution >= 4 is 17.6 Å². The molecule has 5 heteroatoms. The third-order valence-corrected chi connectivity index (χ3v) is 6.28. The van der Waals surface area contributed by atoms with Gasteiger partial charge in [-0.25, -0.2) is 4.79 Å². The number of piperidine rings is 1. The number of ether oxygens (including phenoxy) is 1. The summed E-state index contributed by atoms with van der Waals surface area (Å²) < 4.78 is 4.79. The number of rotatable bonds is 7. The third-order valence-electron chi connectivity index (χ3n) is 6.28. The summed E-state index contributed by atoms with van der Waals surface area (Å²) in [6.07, 6.45) is 3.60. The summed E-state index contributed by atoms with van der Waals surface area (Å²) in [4.78, 5) is 27.1. The van der Waals surface area contributed by atoms with E-state index in [2.05, 4.69) is 40.5 Å². The molecular weight excluding hydrogens is 412 g/mol. The zero-order chi connectivity index (χ0) is 23.0. The van der Waals surface area contributed by atoms with Crippen LogP contribution < -0.4 is 5.32 Å². The van der Waals surface area contributed by atoms with Gasteiger partial charge in [-0.15, -0.1) is 0 Å².